The van der Waals surface area contributed by atoms with E-state index in [4.69, 9.17) is 5.11 Å². The molecule has 2 amide bonds. The summed E-state index contributed by atoms with van der Waals surface area (Å²) >= 11 is 0. The predicted octanol–water partition coefficient (Wildman–Crippen LogP) is 1.76. The zero-order valence-corrected chi connectivity index (χ0v) is 12.7. The topological polar surface area (TPSA) is 82.5 Å². The van der Waals surface area contributed by atoms with Gasteiger partial charge in [-0.15, -0.1) is 0 Å². The van der Waals surface area contributed by atoms with Gasteiger partial charge in [0, 0.05) is 26.0 Å². The second-order valence-electron chi connectivity index (χ2n) is 5.50. The Labute approximate surface area is 125 Å². The van der Waals surface area contributed by atoms with Gasteiger partial charge in [0.1, 0.15) is 6.04 Å². The molecule has 0 saturated carbocycles. The third-order valence-electron chi connectivity index (χ3n) is 3.13. The second-order valence-corrected chi connectivity index (χ2v) is 5.50. The van der Waals surface area contributed by atoms with E-state index in [0.717, 1.165) is 5.56 Å². The number of rotatable bonds is 7. The highest BCUT2D eigenvalue weighted by Gasteiger charge is 2.22. The van der Waals surface area contributed by atoms with Gasteiger partial charge in [0.05, 0.1) is 0 Å². The van der Waals surface area contributed by atoms with Gasteiger partial charge in [0.25, 0.3) is 0 Å². The molecule has 1 aromatic heterocycles. The van der Waals surface area contributed by atoms with Crippen molar-refractivity contribution < 1.29 is 14.7 Å². The SMILES string of the molecule is CC(C)C[C@H](NC(=O)N(C)CCc1ccncc1)C(=O)O. The van der Waals surface area contributed by atoms with Crippen LogP contribution in [0.3, 0.4) is 0 Å². The molecule has 0 spiro atoms. The highest BCUT2D eigenvalue weighted by Crippen LogP contribution is 2.06. The number of hydrogen-bond donors (Lipinski definition) is 2. The fourth-order valence-corrected chi connectivity index (χ4v) is 1.90. The molecule has 0 saturated heterocycles. The number of nitrogens with zero attached hydrogens (tertiary/aromatic N) is 2. The number of carbonyl (C=O) groups excluding carboxylic acids is 1. The first-order chi connectivity index (χ1) is 9.90. The summed E-state index contributed by atoms with van der Waals surface area (Å²) in [5.74, 6) is -0.798. The van der Waals surface area contributed by atoms with Crippen molar-refractivity contribution >= 4 is 12.0 Å². The van der Waals surface area contributed by atoms with Gasteiger partial charge in [0.2, 0.25) is 0 Å². The average Bonchev–Trinajstić information content (AvgIpc) is 2.44. The van der Waals surface area contributed by atoms with Crippen LogP contribution in [0.25, 0.3) is 0 Å². The minimum atomic E-state index is -1.00. The van der Waals surface area contributed by atoms with Crippen molar-refractivity contribution in [1.82, 2.24) is 15.2 Å². The number of likely N-dealkylation sites (N-methyl/N-ethyl adjacent to an activating group) is 1. The largest absolute Gasteiger partial charge is 0.480 e. The summed E-state index contributed by atoms with van der Waals surface area (Å²) in [6, 6.07) is 2.58. The van der Waals surface area contributed by atoms with E-state index in [9.17, 15) is 9.59 Å². The highest BCUT2D eigenvalue weighted by atomic mass is 16.4. The van der Waals surface area contributed by atoms with Crippen LogP contribution < -0.4 is 5.32 Å². The lowest BCUT2D eigenvalue weighted by Gasteiger charge is -2.22. The number of carboxylic acid groups (broad SMARTS) is 1. The molecule has 2 N–H and O–H groups in total. The maximum Gasteiger partial charge on any atom is 0.326 e. The highest BCUT2D eigenvalue weighted by molar-refractivity contribution is 5.82. The van der Waals surface area contributed by atoms with E-state index >= 15 is 0 Å². The van der Waals surface area contributed by atoms with E-state index in [0.29, 0.717) is 19.4 Å². The summed E-state index contributed by atoms with van der Waals surface area (Å²) in [4.78, 5) is 28.6. The molecule has 1 aromatic rings. The number of amides is 2. The molecule has 0 aliphatic heterocycles. The number of aromatic nitrogens is 1. The zero-order chi connectivity index (χ0) is 15.8. The van der Waals surface area contributed by atoms with Crippen molar-refractivity contribution in [3.05, 3.63) is 30.1 Å². The summed E-state index contributed by atoms with van der Waals surface area (Å²) in [6.07, 6.45) is 4.53. The van der Waals surface area contributed by atoms with Crippen molar-refractivity contribution in [2.24, 2.45) is 5.92 Å². The molecule has 0 aliphatic carbocycles. The van der Waals surface area contributed by atoms with Crippen LogP contribution in [0, 0.1) is 5.92 Å². The summed E-state index contributed by atoms with van der Waals surface area (Å²) in [5.41, 5.74) is 1.08. The molecular formula is C15H23N3O3. The van der Waals surface area contributed by atoms with Crippen molar-refractivity contribution in [2.45, 2.75) is 32.7 Å². The lowest BCUT2D eigenvalue weighted by molar-refractivity contribution is -0.139. The number of nitrogens with one attached hydrogen (secondary N) is 1. The van der Waals surface area contributed by atoms with Crippen LogP contribution in [0.5, 0.6) is 0 Å². The Morgan fingerprint density at radius 3 is 2.48 bits per heavy atom. The fraction of sp³-hybridized carbons (Fsp3) is 0.533. The first-order valence-electron chi connectivity index (χ1n) is 7.03. The third kappa shape index (κ3) is 6.25. The van der Waals surface area contributed by atoms with Crippen LogP contribution in [-0.2, 0) is 11.2 Å². The van der Waals surface area contributed by atoms with E-state index in [1.54, 1.807) is 19.4 Å². The maximum absolute atomic E-state index is 12.0. The Balaban J connectivity index is 2.47. The van der Waals surface area contributed by atoms with E-state index < -0.39 is 12.0 Å². The number of carboxylic acids is 1. The van der Waals surface area contributed by atoms with Crippen molar-refractivity contribution in [1.29, 1.82) is 0 Å². The molecule has 6 heteroatoms. The average molecular weight is 293 g/mol. The minimum absolute atomic E-state index is 0.202. The molecule has 0 fully saturated rings. The molecule has 0 unspecified atom stereocenters. The van der Waals surface area contributed by atoms with Gasteiger partial charge in [-0.05, 0) is 36.5 Å². The smallest absolute Gasteiger partial charge is 0.326 e. The van der Waals surface area contributed by atoms with Crippen molar-refractivity contribution in [2.75, 3.05) is 13.6 Å². The summed E-state index contributed by atoms with van der Waals surface area (Å²) in [7, 11) is 1.66. The summed E-state index contributed by atoms with van der Waals surface area (Å²) < 4.78 is 0. The predicted molar refractivity (Wildman–Crippen MR) is 80.0 cm³/mol. The summed E-state index contributed by atoms with van der Waals surface area (Å²) in [6.45, 7) is 4.37. The monoisotopic (exact) mass is 293 g/mol. The molecule has 0 bridgehead atoms. The molecule has 6 nitrogen and oxygen atoms in total. The van der Waals surface area contributed by atoms with Gasteiger partial charge in [-0.3, -0.25) is 4.98 Å². The Morgan fingerprint density at radius 2 is 1.95 bits per heavy atom. The lowest BCUT2D eigenvalue weighted by Crippen LogP contribution is -2.47. The second kappa shape index (κ2) is 8.24. The van der Waals surface area contributed by atoms with Gasteiger partial charge < -0.3 is 15.3 Å². The molecule has 116 valence electrons. The molecule has 21 heavy (non-hydrogen) atoms. The Bertz CT molecular complexity index is 462. The first kappa shape index (κ1) is 16.9. The van der Waals surface area contributed by atoms with Gasteiger partial charge in [-0.1, -0.05) is 13.8 Å². The third-order valence-corrected chi connectivity index (χ3v) is 3.13. The molecule has 0 radical (unpaired) electrons. The van der Waals surface area contributed by atoms with Crippen LogP contribution in [0.1, 0.15) is 25.8 Å². The molecule has 0 aliphatic rings. The maximum atomic E-state index is 12.0. The standard InChI is InChI=1S/C15H23N3O3/c1-11(2)10-13(14(19)20)17-15(21)18(3)9-6-12-4-7-16-8-5-12/h4-5,7-8,11,13H,6,9-10H2,1-3H3,(H,17,21)(H,19,20)/t13-/m0/s1. The molecule has 1 heterocycles. The molecule has 1 atom stereocenters. The van der Waals surface area contributed by atoms with E-state index in [2.05, 4.69) is 10.3 Å². The van der Waals surface area contributed by atoms with Gasteiger partial charge in [-0.2, -0.15) is 0 Å². The van der Waals surface area contributed by atoms with Crippen molar-refractivity contribution in [3.63, 3.8) is 0 Å². The Morgan fingerprint density at radius 1 is 1.33 bits per heavy atom. The first-order valence-corrected chi connectivity index (χ1v) is 7.03. The lowest BCUT2D eigenvalue weighted by atomic mass is 10.0. The Hall–Kier alpha value is -2.11. The van der Waals surface area contributed by atoms with Crippen LogP contribution >= 0.6 is 0 Å². The number of urea groups is 1. The Kier molecular flexibility index (Phi) is 6.65. The van der Waals surface area contributed by atoms with Crippen LogP contribution in [0.2, 0.25) is 0 Å². The number of aliphatic carboxylic acids is 1. The number of carbonyl (C=O) groups is 2. The normalized spacial score (nSPS) is 12.0. The number of pyridine rings is 1. The molecule has 0 aromatic carbocycles. The molecular weight excluding hydrogens is 270 g/mol. The van der Waals surface area contributed by atoms with E-state index in [1.165, 1.54) is 4.90 Å². The van der Waals surface area contributed by atoms with Crippen LogP contribution in [0.15, 0.2) is 24.5 Å². The number of hydrogen-bond acceptors (Lipinski definition) is 3. The molecule has 1 rings (SSSR count). The quantitative estimate of drug-likeness (QED) is 0.802. The van der Waals surface area contributed by atoms with E-state index in [1.807, 2.05) is 26.0 Å². The van der Waals surface area contributed by atoms with E-state index in [-0.39, 0.29) is 11.9 Å². The van der Waals surface area contributed by atoms with Crippen LogP contribution in [0.4, 0.5) is 4.79 Å². The zero-order valence-electron chi connectivity index (χ0n) is 12.7. The van der Waals surface area contributed by atoms with Gasteiger partial charge in [0.15, 0.2) is 0 Å². The minimum Gasteiger partial charge on any atom is -0.480 e. The fourth-order valence-electron chi connectivity index (χ4n) is 1.90. The van der Waals surface area contributed by atoms with Crippen LogP contribution in [-0.4, -0.2) is 46.6 Å². The van der Waals surface area contributed by atoms with Crippen molar-refractivity contribution in [3.8, 4) is 0 Å². The van der Waals surface area contributed by atoms with Gasteiger partial charge in [-0.25, -0.2) is 9.59 Å². The summed E-state index contributed by atoms with van der Waals surface area (Å²) in [5, 5.41) is 11.7. The van der Waals surface area contributed by atoms with Gasteiger partial charge >= 0.3 is 12.0 Å².